The van der Waals surface area contributed by atoms with Crippen molar-refractivity contribution in [2.75, 3.05) is 9.80 Å². The first-order chi connectivity index (χ1) is 25.6. The molecule has 52 heavy (non-hydrogen) atoms. The molecule has 4 heterocycles. The largest absolute Gasteiger partial charge is 0.457 e. The predicted molar refractivity (Wildman–Crippen MR) is 209 cm³/mol. The number of aromatic nitrogens is 2. The molecule has 0 unspecified atom stereocenters. The lowest BCUT2D eigenvalue weighted by molar-refractivity contribution is 0.434. The summed E-state index contributed by atoms with van der Waals surface area (Å²) in [5.41, 5.74) is 12.7. The van der Waals surface area contributed by atoms with Crippen molar-refractivity contribution in [2.45, 2.75) is 24.8 Å². The van der Waals surface area contributed by atoms with Crippen LogP contribution in [0.3, 0.4) is 0 Å². The fourth-order valence-corrected chi connectivity index (χ4v) is 9.23. The third-order valence-electron chi connectivity index (χ3n) is 11.4. The van der Waals surface area contributed by atoms with Crippen molar-refractivity contribution in [3.05, 3.63) is 198 Å². The van der Waals surface area contributed by atoms with Crippen LogP contribution in [0.15, 0.2) is 170 Å². The molecule has 248 valence electrons. The highest BCUT2D eigenvalue weighted by Crippen LogP contribution is 2.63. The molecule has 5 heteroatoms. The molecule has 8 aromatic rings. The first-order valence-electron chi connectivity index (χ1n) is 17.9. The quantitative estimate of drug-likeness (QED) is 0.183. The molecule has 0 saturated heterocycles. The van der Waals surface area contributed by atoms with Gasteiger partial charge in [0.2, 0.25) is 5.95 Å². The molecule has 1 aromatic heterocycles. The standard InChI is InChI=1S/C47H34N4O/c1-46(2)37-30-32(28-29-41(37)50-42-25-13-10-22-38(42)48-45(50)51(46)31-16-4-3-5-17-31)49-39-23-11-6-18-33(39)47(34-19-7-12-24-40(34)49)35-20-8-14-26-43(35)52-44-27-15-9-21-36(44)47/h3-30H,1-2H3. The van der Waals surface area contributed by atoms with E-state index in [9.17, 15) is 0 Å². The number of para-hydroxylation sites is 7. The summed E-state index contributed by atoms with van der Waals surface area (Å²) in [6.45, 7) is 4.63. The summed E-state index contributed by atoms with van der Waals surface area (Å²) >= 11 is 0. The topological polar surface area (TPSA) is 33.5 Å². The molecule has 0 aliphatic carbocycles. The van der Waals surface area contributed by atoms with Gasteiger partial charge < -0.3 is 14.5 Å². The Kier molecular flexibility index (Phi) is 5.87. The molecule has 11 rings (SSSR count). The van der Waals surface area contributed by atoms with Crippen LogP contribution in [0.2, 0.25) is 0 Å². The molecule has 0 amide bonds. The molecule has 3 aliphatic heterocycles. The lowest BCUT2D eigenvalue weighted by atomic mass is 9.61. The molecule has 0 atom stereocenters. The highest BCUT2D eigenvalue weighted by Gasteiger charge is 2.51. The number of ether oxygens (including phenoxy) is 1. The number of nitrogens with zero attached hydrogens (tertiary/aromatic N) is 4. The second-order valence-corrected chi connectivity index (χ2v) is 14.4. The van der Waals surface area contributed by atoms with Crippen molar-refractivity contribution in [3.8, 4) is 17.2 Å². The van der Waals surface area contributed by atoms with Gasteiger partial charge in [-0.2, -0.15) is 0 Å². The third kappa shape index (κ3) is 3.69. The van der Waals surface area contributed by atoms with Crippen LogP contribution in [-0.4, -0.2) is 9.55 Å². The molecule has 1 spiro atoms. The number of rotatable bonds is 2. The molecule has 3 aliphatic rings. The highest BCUT2D eigenvalue weighted by atomic mass is 16.5. The maximum absolute atomic E-state index is 6.61. The van der Waals surface area contributed by atoms with Gasteiger partial charge in [-0.3, -0.25) is 4.57 Å². The van der Waals surface area contributed by atoms with E-state index in [0.717, 1.165) is 68.0 Å². The average Bonchev–Trinajstić information content (AvgIpc) is 3.57. The Morgan fingerprint density at radius 3 is 1.71 bits per heavy atom. The zero-order chi connectivity index (χ0) is 34.6. The van der Waals surface area contributed by atoms with Crippen molar-refractivity contribution < 1.29 is 4.74 Å². The molecular formula is C47H34N4O. The Labute approximate surface area is 302 Å². The van der Waals surface area contributed by atoms with Crippen LogP contribution in [0.25, 0.3) is 16.7 Å². The summed E-state index contributed by atoms with van der Waals surface area (Å²) in [6, 6.07) is 61.0. The van der Waals surface area contributed by atoms with Crippen LogP contribution in [0.4, 0.5) is 28.7 Å². The minimum Gasteiger partial charge on any atom is -0.457 e. The van der Waals surface area contributed by atoms with Gasteiger partial charge in [0.1, 0.15) is 11.5 Å². The minimum absolute atomic E-state index is 0.432. The maximum Gasteiger partial charge on any atom is 0.216 e. The second-order valence-electron chi connectivity index (χ2n) is 14.4. The lowest BCUT2D eigenvalue weighted by Gasteiger charge is -2.49. The minimum atomic E-state index is -0.572. The van der Waals surface area contributed by atoms with Crippen molar-refractivity contribution >= 4 is 39.7 Å². The smallest absolute Gasteiger partial charge is 0.216 e. The normalized spacial score (nSPS) is 15.5. The fraction of sp³-hybridized carbons (Fsp3) is 0.0851. The average molecular weight is 671 g/mol. The second kappa shape index (κ2) is 10.5. The Bertz CT molecular complexity index is 2630. The fourth-order valence-electron chi connectivity index (χ4n) is 9.23. The molecule has 5 nitrogen and oxygen atoms in total. The summed E-state index contributed by atoms with van der Waals surface area (Å²) in [4.78, 5) is 10.1. The number of hydrogen-bond donors (Lipinski definition) is 0. The van der Waals surface area contributed by atoms with Crippen molar-refractivity contribution in [1.82, 2.24) is 9.55 Å². The van der Waals surface area contributed by atoms with Crippen molar-refractivity contribution in [2.24, 2.45) is 0 Å². The number of hydrogen-bond acceptors (Lipinski definition) is 4. The molecule has 0 saturated carbocycles. The van der Waals surface area contributed by atoms with Gasteiger partial charge in [-0.15, -0.1) is 0 Å². The van der Waals surface area contributed by atoms with E-state index in [1.54, 1.807) is 0 Å². The van der Waals surface area contributed by atoms with E-state index in [1.165, 1.54) is 16.7 Å². The summed E-state index contributed by atoms with van der Waals surface area (Å²) in [7, 11) is 0. The predicted octanol–water partition coefficient (Wildman–Crippen LogP) is 11.7. The van der Waals surface area contributed by atoms with E-state index >= 15 is 0 Å². The third-order valence-corrected chi connectivity index (χ3v) is 11.4. The summed E-state index contributed by atoms with van der Waals surface area (Å²) in [5, 5.41) is 0. The van der Waals surface area contributed by atoms with Gasteiger partial charge in [-0.05, 0) is 91.7 Å². The lowest BCUT2D eigenvalue weighted by Crippen LogP contribution is -2.43. The zero-order valence-corrected chi connectivity index (χ0v) is 28.9. The Morgan fingerprint density at radius 1 is 0.481 bits per heavy atom. The van der Waals surface area contributed by atoms with E-state index < -0.39 is 11.0 Å². The van der Waals surface area contributed by atoms with Gasteiger partial charge in [0.15, 0.2) is 0 Å². The first kappa shape index (κ1) is 29.2. The molecular weight excluding hydrogens is 637 g/mol. The molecule has 0 N–H and O–H groups in total. The van der Waals surface area contributed by atoms with Gasteiger partial charge in [-0.1, -0.05) is 103 Å². The van der Waals surface area contributed by atoms with Crippen LogP contribution in [0.1, 0.15) is 41.7 Å². The van der Waals surface area contributed by atoms with Crippen LogP contribution in [-0.2, 0) is 11.0 Å². The molecule has 0 radical (unpaired) electrons. The molecule has 0 bridgehead atoms. The van der Waals surface area contributed by atoms with E-state index in [-0.39, 0.29) is 0 Å². The van der Waals surface area contributed by atoms with Crippen LogP contribution in [0, 0.1) is 0 Å². The summed E-state index contributed by atoms with van der Waals surface area (Å²) in [6.07, 6.45) is 0. The van der Waals surface area contributed by atoms with Crippen molar-refractivity contribution in [1.29, 1.82) is 0 Å². The van der Waals surface area contributed by atoms with E-state index in [2.05, 4.69) is 198 Å². The first-order valence-corrected chi connectivity index (χ1v) is 17.9. The SMILES string of the molecule is CC1(C)c2cc(N3c4ccccc4C4(c5ccccc5Oc5ccccc54)c4ccccc43)ccc2-n2c(nc3ccccc32)N1c1ccccc1. The number of fused-ring (bicyclic) bond motifs is 13. The molecule has 7 aromatic carbocycles. The van der Waals surface area contributed by atoms with Crippen LogP contribution in [0.5, 0.6) is 11.5 Å². The van der Waals surface area contributed by atoms with Gasteiger partial charge in [0.25, 0.3) is 0 Å². The monoisotopic (exact) mass is 670 g/mol. The van der Waals surface area contributed by atoms with Gasteiger partial charge in [0.05, 0.1) is 39.0 Å². The number of imidazole rings is 1. The number of benzene rings is 7. The van der Waals surface area contributed by atoms with Crippen LogP contribution >= 0.6 is 0 Å². The summed E-state index contributed by atoms with van der Waals surface area (Å²) in [5.74, 6) is 2.70. The van der Waals surface area contributed by atoms with Crippen LogP contribution < -0.4 is 14.5 Å². The van der Waals surface area contributed by atoms with Gasteiger partial charge in [-0.25, -0.2) is 4.98 Å². The van der Waals surface area contributed by atoms with E-state index in [1.807, 2.05) is 0 Å². The zero-order valence-electron chi connectivity index (χ0n) is 28.9. The molecule has 0 fully saturated rings. The van der Waals surface area contributed by atoms with Gasteiger partial charge in [0, 0.05) is 28.1 Å². The maximum atomic E-state index is 6.61. The van der Waals surface area contributed by atoms with Gasteiger partial charge >= 0.3 is 0 Å². The van der Waals surface area contributed by atoms with E-state index in [0.29, 0.717) is 0 Å². The van der Waals surface area contributed by atoms with E-state index in [4.69, 9.17) is 9.72 Å². The number of anilines is 5. The Balaban J connectivity index is 1.19. The Hall–Kier alpha value is -6.59. The summed E-state index contributed by atoms with van der Waals surface area (Å²) < 4.78 is 8.93. The Morgan fingerprint density at radius 2 is 1.04 bits per heavy atom. The highest BCUT2D eigenvalue weighted by molar-refractivity contribution is 5.92. The van der Waals surface area contributed by atoms with Crippen molar-refractivity contribution in [3.63, 3.8) is 0 Å².